The highest BCUT2D eigenvalue weighted by molar-refractivity contribution is 9.10. The number of halogens is 1. The van der Waals surface area contributed by atoms with Crippen molar-refractivity contribution in [2.24, 2.45) is 5.10 Å². The molecule has 2 aromatic heterocycles. The number of anilines is 1. The molecule has 8 nitrogen and oxygen atoms in total. The number of phenolic OH excluding ortho intramolecular Hbond substituents is 2. The molecule has 0 radical (unpaired) electrons. The first kappa shape index (κ1) is 15.3. The molecule has 0 saturated carbocycles. The highest BCUT2D eigenvalue weighted by Gasteiger charge is 2.09. The largest absolute Gasteiger partial charge is 0.508 e. The smallest absolute Gasteiger partial charge is 0.265 e. The first-order chi connectivity index (χ1) is 12.1. The van der Waals surface area contributed by atoms with Crippen LogP contribution in [-0.2, 0) is 0 Å². The van der Waals surface area contributed by atoms with Crippen molar-refractivity contribution in [2.75, 3.05) is 5.43 Å². The minimum Gasteiger partial charge on any atom is -0.508 e. The minimum absolute atomic E-state index is 0.000889. The summed E-state index contributed by atoms with van der Waals surface area (Å²) < 4.78 is 0.945. The molecule has 0 aliphatic rings. The molecule has 4 aromatic rings. The molecule has 0 unspecified atom stereocenters. The van der Waals surface area contributed by atoms with Gasteiger partial charge in [0.25, 0.3) is 5.95 Å². The first-order valence-electron chi connectivity index (χ1n) is 7.23. The topological polar surface area (TPSA) is 119 Å². The summed E-state index contributed by atoms with van der Waals surface area (Å²) in [7, 11) is 0. The zero-order valence-electron chi connectivity index (χ0n) is 12.6. The number of aromatic hydroxyl groups is 2. The molecule has 0 spiro atoms. The summed E-state index contributed by atoms with van der Waals surface area (Å²) in [5.74, 6) is 0.232. The summed E-state index contributed by atoms with van der Waals surface area (Å²) in [5.41, 5.74) is 5.16. The van der Waals surface area contributed by atoms with Gasteiger partial charge < -0.3 is 15.2 Å². The van der Waals surface area contributed by atoms with Crippen LogP contribution in [0.15, 0.2) is 46.0 Å². The van der Waals surface area contributed by atoms with E-state index in [0.717, 1.165) is 15.4 Å². The highest BCUT2D eigenvalue weighted by atomic mass is 79.9. The Morgan fingerprint density at radius 2 is 2.00 bits per heavy atom. The van der Waals surface area contributed by atoms with Crippen molar-refractivity contribution in [1.82, 2.24) is 20.2 Å². The van der Waals surface area contributed by atoms with E-state index in [2.05, 4.69) is 46.6 Å². The van der Waals surface area contributed by atoms with Gasteiger partial charge in [-0.25, -0.2) is 5.43 Å². The van der Waals surface area contributed by atoms with Crippen LogP contribution in [-0.4, -0.2) is 36.6 Å². The van der Waals surface area contributed by atoms with Gasteiger partial charge in [0.2, 0.25) is 0 Å². The first-order valence-corrected chi connectivity index (χ1v) is 8.02. The van der Waals surface area contributed by atoms with Gasteiger partial charge >= 0.3 is 0 Å². The summed E-state index contributed by atoms with van der Waals surface area (Å²) in [5, 5.41) is 32.2. The molecular formula is C16H11BrN6O2. The number of nitrogens with one attached hydrogen (secondary N) is 2. The summed E-state index contributed by atoms with van der Waals surface area (Å²) in [6.07, 6.45) is 1.35. The molecule has 0 bridgehead atoms. The minimum atomic E-state index is -0.000889. The lowest BCUT2D eigenvalue weighted by molar-refractivity contribution is 0.459. The van der Waals surface area contributed by atoms with E-state index < -0.39 is 0 Å². The molecule has 124 valence electrons. The number of rotatable bonds is 3. The van der Waals surface area contributed by atoms with Gasteiger partial charge in [0.1, 0.15) is 17.0 Å². The van der Waals surface area contributed by atoms with E-state index in [4.69, 9.17) is 0 Å². The molecule has 0 fully saturated rings. The lowest BCUT2D eigenvalue weighted by atomic mass is 10.2. The zero-order valence-corrected chi connectivity index (χ0v) is 14.2. The van der Waals surface area contributed by atoms with Crippen molar-refractivity contribution >= 4 is 50.2 Å². The summed E-state index contributed by atoms with van der Waals surface area (Å²) >= 11 is 3.43. The van der Waals surface area contributed by atoms with E-state index in [0.29, 0.717) is 16.7 Å². The Hall–Kier alpha value is -3.20. The molecule has 0 aliphatic carbocycles. The van der Waals surface area contributed by atoms with Crippen LogP contribution in [0.1, 0.15) is 5.56 Å². The molecule has 0 atom stereocenters. The van der Waals surface area contributed by atoms with E-state index >= 15 is 0 Å². The summed E-state index contributed by atoms with van der Waals surface area (Å²) in [6.45, 7) is 0. The van der Waals surface area contributed by atoms with Gasteiger partial charge in [0, 0.05) is 20.9 Å². The van der Waals surface area contributed by atoms with Gasteiger partial charge in [0.05, 0.1) is 6.21 Å². The molecule has 25 heavy (non-hydrogen) atoms. The number of benzene rings is 2. The number of hydrogen-bond acceptors (Lipinski definition) is 7. The van der Waals surface area contributed by atoms with E-state index in [1.165, 1.54) is 24.4 Å². The molecule has 2 heterocycles. The van der Waals surface area contributed by atoms with Gasteiger partial charge in [-0.1, -0.05) is 15.9 Å². The highest BCUT2D eigenvalue weighted by Crippen LogP contribution is 2.25. The van der Waals surface area contributed by atoms with Crippen LogP contribution in [0.25, 0.3) is 22.1 Å². The van der Waals surface area contributed by atoms with Gasteiger partial charge in [0.15, 0.2) is 5.65 Å². The SMILES string of the molecule is Oc1ccc(O)c(/C=N\Nc2nnc3c(n2)[nH]c2ccc(Br)cc23)c1. The third-order valence-corrected chi connectivity index (χ3v) is 4.05. The Morgan fingerprint density at radius 1 is 1.12 bits per heavy atom. The lowest BCUT2D eigenvalue weighted by Crippen LogP contribution is -1.99. The summed E-state index contributed by atoms with van der Waals surface area (Å²) in [6, 6.07) is 9.95. The van der Waals surface area contributed by atoms with Crippen molar-refractivity contribution in [3.8, 4) is 11.5 Å². The quantitative estimate of drug-likeness (QED) is 0.239. The van der Waals surface area contributed by atoms with Crippen molar-refractivity contribution in [2.45, 2.75) is 0 Å². The number of hydrogen-bond donors (Lipinski definition) is 4. The Morgan fingerprint density at radius 3 is 2.88 bits per heavy atom. The molecule has 0 saturated heterocycles. The van der Waals surface area contributed by atoms with Crippen LogP contribution >= 0.6 is 15.9 Å². The maximum absolute atomic E-state index is 9.69. The predicted molar refractivity (Wildman–Crippen MR) is 97.9 cm³/mol. The van der Waals surface area contributed by atoms with E-state index in [1.807, 2.05) is 18.2 Å². The standard InChI is InChI=1S/C16H11BrN6O2/c17-9-1-3-12-11(6-9)14-15(19-12)20-16(23-21-14)22-18-7-8-5-10(24)2-4-13(8)25/h1-7,24-25H,(H2,19,20,22,23)/b18-7-. The van der Waals surface area contributed by atoms with Crippen molar-refractivity contribution in [3.05, 3.63) is 46.4 Å². The number of hydrazone groups is 1. The number of aromatic amines is 1. The average molecular weight is 399 g/mol. The number of phenols is 2. The van der Waals surface area contributed by atoms with Gasteiger partial charge in [-0.2, -0.15) is 10.1 Å². The Kier molecular flexibility index (Phi) is 3.69. The van der Waals surface area contributed by atoms with Crippen LogP contribution < -0.4 is 5.43 Å². The number of aromatic nitrogens is 4. The average Bonchev–Trinajstić information content (AvgIpc) is 2.95. The van der Waals surface area contributed by atoms with E-state index in [-0.39, 0.29) is 17.4 Å². The fourth-order valence-corrected chi connectivity index (χ4v) is 2.76. The Balaban J connectivity index is 1.62. The van der Waals surface area contributed by atoms with Crippen molar-refractivity contribution in [3.63, 3.8) is 0 Å². The molecule has 0 amide bonds. The third-order valence-electron chi connectivity index (χ3n) is 3.56. The molecule has 2 aromatic carbocycles. The predicted octanol–water partition coefficient (Wildman–Crippen LogP) is 3.13. The maximum Gasteiger partial charge on any atom is 0.265 e. The molecule has 4 N–H and O–H groups in total. The van der Waals surface area contributed by atoms with Crippen LogP contribution in [0.2, 0.25) is 0 Å². The van der Waals surface area contributed by atoms with Crippen LogP contribution in [0.4, 0.5) is 5.95 Å². The molecular weight excluding hydrogens is 388 g/mol. The zero-order chi connectivity index (χ0) is 17.4. The third kappa shape index (κ3) is 2.96. The van der Waals surface area contributed by atoms with Crippen LogP contribution in [0, 0.1) is 0 Å². The van der Waals surface area contributed by atoms with E-state index in [9.17, 15) is 10.2 Å². The van der Waals surface area contributed by atoms with Crippen LogP contribution in [0.3, 0.4) is 0 Å². The second-order valence-corrected chi connectivity index (χ2v) is 6.18. The van der Waals surface area contributed by atoms with Gasteiger partial charge in [-0.3, -0.25) is 0 Å². The fourth-order valence-electron chi connectivity index (χ4n) is 2.40. The number of fused-ring (bicyclic) bond motifs is 3. The van der Waals surface area contributed by atoms with Gasteiger partial charge in [-0.15, -0.1) is 10.2 Å². The fraction of sp³-hybridized carbons (Fsp3) is 0. The number of H-pyrrole nitrogens is 1. The molecule has 9 heteroatoms. The van der Waals surface area contributed by atoms with E-state index in [1.54, 1.807) is 0 Å². The van der Waals surface area contributed by atoms with Crippen molar-refractivity contribution in [1.29, 1.82) is 0 Å². The molecule has 0 aliphatic heterocycles. The lowest BCUT2D eigenvalue weighted by Gasteiger charge is -2.00. The van der Waals surface area contributed by atoms with Gasteiger partial charge in [-0.05, 0) is 36.4 Å². The monoisotopic (exact) mass is 398 g/mol. The Labute approximate surface area is 149 Å². The molecule has 4 rings (SSSR count). The van der Waals surface area contributed by atoms with Crippen LogP contribution in [0.5, 0.6) is 11.5 Å². The maximum atomic E-state index is 9.69. The normalized spacial score (nSPS) is 11.6. The summed E-state index contributed by atoms with van der Waals surface area (Å²) in [4.78, 5) is 7.50. The second kappa shape index (κ2) is 6.02. The number of nitrogens with zero attached hydrogens (tertiary/aromatic N) is 4. The Bertz CT molecular complexity index is 1120. The van der Waals surface area contributed by atoms with Crippen molar-refractivity contribution < 1.29 is 10.2 Å². The second-order valence-electron chi connectivity index (χ2n) is 5.26.